The highest BCUT2D eigenvalue weighted by molar-refractivity contribution is 6.05. The molecule has 0 radical (unpaired) electrons. The molecule has 3 heterocycles. The molecule has 4 aliphatic rings. The third kappa shape index (κ3) is 6.16. The smallest absolute Gasteiger partial charge is 0.369 e. The molecule has 0 aromatic heterocycles. The third-order valence-corrected chi connectivity index (χ3v) is 7.57. The summed E-state index contributed by atoms with van der Waals surface area (Å²) in [6.07, 6.45) is 1.52. The number of nitrogens with one attached hydrogen (secondary N) is 1. The molecule has 3 saturated heterocycles. The van der Waals surface area contributed by atoms with Gasteiger partial charge in [-0.1, -0.05) is 42.5 Å². The molecule has 0 bridgehead atoms. The Morgan fingerprint density at radius 2 is 1.76 bits per heavy atom. The average Bonchev–Trinajstić information content (AvgIpc) is 3.20. The summed E-state index contributed by atoms with van der Waals surface area (Å²) < 4.78 is 44.1. The van der Waals surface area contributed by atoms with E-state index in [1.54, 1.807) is 17.1 Å². The number of amides is 3. The minimum Gasteiger partial charge on any atom is -0.369 e. The number of allylic oxidation sites excluding steroid dienone is 2. The van der Waals surface area contributed by atoms with Crippen molar-refractivity contribution < 1.29 is 32.3 Å². The lowest BCUT2D eigenvalue weighted by Gasteiger charge is -2.35. The van der Waals surface area contributed by atoms with Crippen molar-refractivity contribution in [3.05, 3.63) is 59.2 Å². The monoisotopic (exact) mass is 532 g/mol. The molecule has 1 aromatic carbocycles. The van der Waals surface area contributed by atoms with Gasteiger partial charge in [-0.25, -0.2) is 0 Å². The van der Waals surface area contributed by atoms with Gasteiger partial charge in [0.25, 0.3) is 5.91 Å². The van der Waals surface area contributed by atoms with Gasteiger partial charge in [-0.3, -0.25) is 29.5 Å². The van der Waals surface area contributed by atoms with Crippen LogP contribution in [0.1, 0.15) is 24.0 Å². The lowest BCUT2D eigenvalue weighted by molar-refractivity contribution is -0.149. The number of imide groups is 1. The number of halogens is 3. The Hall–Kier alpha value is -3.02. The van der Waals surface area contributed by atoms with Crippen molar-refractivity contribution >= 4 is 17.7 Å². The molecule has 3 amide bonds. The molecule has 1 aromatic rings. The Kier molecular flexibility index (Phi) is 7.69. The predicted molar refractivity (Wildman–Crippen MR) is 131 cm³/mol. The molecule has 0 spiro atoms. The van der Waals surface area contributed by atoms with Gasteiger partial charge >= 0.3 is 6.18 Å². The molecule has 1 aliphatic carbocycles. The van der Waals surface area contributed by atoms with Crippen molar-refractivity contribution in [2.45, 2.75) is 44.3 Å². The predicted octanol–water partition coefficient (Wildman–Crippen LogP) is 2.01. The van der Waals surface area contributed by atoms with Crippen LogP contribution in [0.4, 0.5) is 13.2 Å². The van der Waals surface area contributed by atoms with Gasteiger partial charge in [-0.05, 0) is 17.5 Å². The lowest BCUT2D eigenvalue weighted by atomic mass is 9.91. The van der Waals surface area contributed by atoms with E-state index in [0.717, 1.165) is 11.1 Å². The molecule has 8 nitrogen and oxygen atoms in total. The van der Waals surface area contributed by atoms with Gasteiger partial charge in [0.15, 0.2) is 0 Å². The first kappa shape index (κ1) is 26.6. The summed E-state index contributed by atoms with van der Waals surface area (Å²) >= 11 is 0. The highest BCUT2D eigenvalue weighted by Crippen LogP contribution is 2.35. The number of carbonyl (C=O) groups is 3. The first-order valence-corrected chi connectivity index (χ1v) is 12.9. The molecule has 1 N–H and O–H groups in total. The van der Waals surface area contributed by atoms with Crippen molar-refractivity contribution in [1.82, 2.24) is 20.0 Å². The number of piperidine rings is 1. The Morgan fingerprint density at radius 1 is 1.03 bits per heavy atom. The zero-order valence-corrected chi connectivity index (χ0v) is 21.0. The quantitative estimate of drug-likeness (QED) is 0.542. The average molecular weight is 533 g/mol. The molecule has 3 unspecified atom stereocenters. The molecular weight excluding hydrogens is 501 g/mol. The second kappa shape index (κ2) is 11.0. The summed E-state index contributed by atoms with van der Waals surface area (Å²) in [7, 11) is 0. The molecule has 5 rings (SSSR count). The number of nitrogens with zero attached hydrogens (tertiary/aromatic N) is 3. The number of alkyl halides is 3. The summed E-state index contributed by atoms with van der Waals surface area (Å²) in [6.45, 7) is 2.42. The highest BCUT2D eigenvalue weighted by atomic mass is 19.4. The van der Waals surface area contributed by atoms with Crippen molar-refractivity contribution in [3.63, 3.8) is 0 Å². The van der Waals surface area contributed by atoms with Crippen molar-refractivity contribution in [2.75, 3.05) is 39.3 Å². The zero-order valence-electron chi connectivity index (χ0n) is 21.0. The third-order valence-electron chi connectivity index (χ3n) is 7.57. The standard InChI is InChI=1S/C27H31F3N4O4/c28-27(29,30)17-33-11-9-32(10-12-33)14-18-3-1-4-19(13-18)16-38-23-6-2-5-20-21(23)15-34(26(20)37)22-7-8-24(35)31-25(22)36/h1-6,13,21-23H,7-12,14-17H2,(H,31,35,36). The number of piperazine rings is 1. The second-order valence-electron chi connectivity index (χ2n) is 10.3. The van der Waals surface area contributed by atoms with Gasteiger partial charge in [0.2, 0.25) is 11.8 Å². The van der Waals surface area contributed by atoms with E-state index in [2.05, 4.69) is 10.2 Å². The van der Waals surface area contributed by atoms with E-state index in [1.165, 1.54) is 4.90 Å². The lowest BCUT2D eigenvalue weighted by Crippen LogP contribution is -2.53. The first-order valence-electron chi connectivity index (χ1n) is 12.9. The van der Waals surface area contributed by atoms with Gasteiger partial charge in [0, 0.05) is 57.2 Å². The molecule has 3 atom stereocenters. The van der Waals surface area contributed by atoms with E-state index in [-0.39, 0.29) is 30.3 Å². The summed E-state index contributed by atoms with van der Waals surface area (Å²) in [5.41, 5.74) is 2.64. The van der Waals surface area contributed by atoms with Gasteiger partial charge in [0.05, 0.1) is 19.3 Å². The van der Waals surface area contributed by atoms with E-state index in [9.17, 15) is 27.6 Å². The first-order chi connectivity index (χ1) is 18.2. The second-order valence-corrected chi connectivity index (χ2v) is 10.3. The van der Waals surface area contributed by atoms with Crippen LogP contribution >= 0.6 is 0 Å². The maximum absolute atomic E-state index is 13.0. The van der Waals surface area contributed by atoms with Crippen molar-refractivity contribution in [1.29, 1.82) is 0 Å². The van der Waals surface area contributed by atoms with E-state index in [4.69, 9.17) is 4.74 Å². The number of likely N-dealkylation sites (tertiary alicyclic amines) is 1. The Morgan fingerprint density at radius 3 is 2.50 bits per heavy atom. The maximum Gasteiger partial charge on any atom is 0.401 e. The van der Waals surface area contributed by atoms with Crippen LogP contribution in [0, 0.1) is 5.92 Å². The molecule has 204 valence electrons. The highest BCUT2D eigenvalue weighted by Gasteiger charge is 2.46. The van der Waals surface area contributed by atoms with Crippen LogP contribution in [0.25, 0.3) is 0 Å². The molecule has 11 heteroatoms. The maximum atomic E-state index is 13.0. The fraction of sp³-hybridized carbons (Fsp3) is 0.519. The van der Waals surface area contributed by atoms with E-state index in [1.807, 2.05) is 30.3 Å². The summed E-state index contributed by atoms with van der Waals surface area (Å²) in [5.74, 6) is -1.14. The SMILES string of the molecule is O=C1CCC(N2CC3C(=CC=CC3OCc3cccc(CN4CCN(CC(F)(F)F)CC4)c3)C2=O)C(=O)N1. The van der Waals surface area contributed by atoms with Crippen LogP contribution in [0.2, 0.25) is 0 Å². The van der Waals surface area contributed by atoms with Crippen LogP contribution in [0.15, 0.2) is 48.1 Å². The summed E-state index contributed by atoms with van der Waals surface area (Å²) in [4.78, 5) is 42.0. The molecule has 0 saturated carbocycles. The van der Waals surface area contributed by atoms with Crippen LogP contribution in [0.3, 0.4) is 0 Å². The fourth-order valence-corrected chi connectivity index (χ4v) is 5.64. The zero-order chi connectivity index (χ0) is 26.9. The van der Waals surface area contributed by atoms with Gasteiger partial charge in [-0.2, -0.15) is 13.2 Å². The number of hydrogen-bond acceptors (Lipinski definition) is 6. The van der Waals surface area contributed by atoms with Gasteiger partial charge in [-0.15, -0.1) is 0 Å². The normalized spacial score (nSPS) is 26.9. The molecule has 3 aliphatic heterocycles. The van der Waals surface area contributed by atoms with Crippen LogP contribution in [-0.2, 0) is 32.3 Å². The minimum atomic E-state index is -4.17. The van der Waals surface area contributed by atoms with E-state index < -0.39 is 24.7 Å². The van der Waals surface area contributed by atoms with E-state index >= 15 is 0 Å². The Balaban J connectivity index is 1.15. The Labute approximate surface area is 219 Å². The van der Waals surface area contributed by atoms with Gasteiger partial charge in [0.1, 0.15) is 6.04 Å². The number of rotatable bonds is 7. The van der Waals surface area contributed by atoms with Crippen LogP contribution in [-0.4, -0.2) is 90.0 Å². The number of benzene rings is 1. The summed E-state index contributed by atoms with van der Waals surface area (Å²) in [6, 6.07) is 7.30. The van der Waals surface area contributed by atoms with Crippen molar-refractivity contribution in [2.24, 2.45) is 5.92 Å². The molecule has 38 heavy (non-hydrogen) atoms. The van der Waals surface area contributed by atoms with Crippen molar-refractivity contribution in [3.8, 4) is 0 Å². The number of carbonyl (C=O) groups excluding carboxylic acids is 3. The van der Waals surface area contributed by atoms with Crippen LogP contribution < -0.4 is 5.32 Å². The van der Waals surface area contributed by atoms with Gasteiger partial charge < -0.3 is 9.64 Å². The largest absolute Gasteiger partial charge is 0.401 e. The topological polar surface area (TPSA) is 82.2 Å². The summed E-state index contributed by atoms with van der Waals surface area (Å²) in [5, 5.41) is 2.32. The number of fused-ring (bicyclic) bond motifs is 1. The van der Waals surface area contributed by atoms with E-state index in [0.29, 0.717) is 57.9 Å². The number of hydrogen-bond donors (Lipinski definition) is 1. The Bertz CT molecular complexity index is 1140. The molecular formula is C27H31F3N4O4. The number of ether oxygens (including phenoxy) is 1. The minimum absolute atomic E-state index is 0.195. The molecule has 3 fully saturated rings. The fourth-order valence-electron chi connectivity index (χ4n) is 5.64. The van der Waals surface area contributed by atoms with Crippen LogP contribution in [0.5, 0.6) is 0 Å².